The normalized spacial score (nSPS) is 12.4. The zero-order chi connectivity index (χ0) is 14.5. The lowest BCUT2D eigenvalue weighted by molar-refractivity contribution is 0.411. The second-order valence-corrected chi connectivity index (χ2v) is 8.13. The summed E-state index contributed by atoms with van der Waals surface area (Å²) in [5.74, 6) is 0.864. The Morgan fingerprint density at radius 3 is 2.70 bits per heavy atom. The third-order valence-electron chi connectivity index (χ3n) is 3.03. The first-order valence-corrected chi connectivity index (χ1v) is 9.21. The number of hydrogen-bond donors (Lipinski definition) is 1. The molecular weight excluding hydrogens is 449 g/mol. The fourth-order valence-corrected chi connectivity index (χ4v) is 4.01. The molecule has 0 saturated heterocycles. The lowest BCUT2D eigenvalue weighted by Crippen LogP contribution is -2.22. The van der Waals surface area contributed by atoms with E-state index in [1.807, 2.05) is 6.07 Å². The first-order valence-electron chi connectivity index (χ1n) is 6.46. The largest absolute Gasteiger partial charge is 0.496 e. The van der Waals surface area contributed by atoms with E-state index in [4.69, 9.17) is 4.74 Å². The van der Waals surface area contributed by atoms with Crippen LogP contribution in [0.1, 0.15) is 30.5 Å². The van der Waals surface area contributed by atoms with Crippen LogP contribution >= 0.6 is 49.9 Å². The Labute approximate surface area is 146 Å². The van der Waals surface area contributed by atoms with Gasteiger partial charge >= 0.3 is 0 Å². The molecule has 2 nitrogen and oxygen atoms in total. The highest BCUT2D eigenvalue weighted by atomic mass is 127. The maximum absolute atomic E-state index is 5.30. The van der Waals surface area contributed by atoms with Crippen LogP contribution in [0.5, 0.6) is 5.75 Å². The van der Waals surface area contributed by atoms with Gasteiger partial charge in [0.1, 0.15) is 5.75 Å². The van der Waals surface area contributed by atoms with Crippen molar-refractivity contribution in [2.75, 3.05) is 13.7 Å². The van der Waals surface area contributed by atoms with Gasteiger partial charge in [0, 0.05) is 0 Å². The molecule has 0 spiro atoms. The van der Waals surface area contributed by atoms with Crippen LogP contribution in [0.25, 0.3) is 0 Å². The highest BCUT2D eigenvalue weighted by Crippen LogP contribution is 2.32. The number of benzene rings is 1. The van der Waals surface area contributed by atoms with Gasteiger partial charge in [0.05, 0.1) is 20.5 Å². The van der Waals surface area contributed by atoms with Gasteiger partial charge in [0.2, 0.25) is 0 Å². The van der Waals surface area contributed by atoms with Crippen molar-refractivity contribution < 1.29 is 4.74 Å². The summed E-state index contributed by atoms with van der Waals surface area (Å²) >= 11 is 7.72. The molecule has 1 aromatic carbocycles. The van der Waals surface area contributed by atoms with Gasteiger partial charge in [0.25, 0.3) is 0 Å². The van der Waals surface area contributed by atoms with Gasteiger partial charge in [-0.1, -0.05) is 13.0 Å². The van der Waals surface area contributed by atoms with Crippen LogP contribution in [0.2, 0.25) is 0 Å². The number of halogens is 2. The van der Waals surface area contributed by atoms with Crippen LogP contribution in [-0.2, 0) is 0 Å². The van der Waals surface area contributed by atoms with Crippen LogP contribution in [0.3, 0.4) is 0 Å². The summed E-state index contributed by atoms with van der Waals surface area (Å²) < 4.78 is 7.61. The van der Waals surface area contributed by atoms with Gasteiger partial charge in [0.15, 0.2) is 0 Å². The molecule has 0 radical (unpaired) electrons. The predicted octanol–water partition coefficient (Wildman–Crippen LogP) is 5.21. The second-order valence-electron chi connectivity index (χ2n) is 4.47. The third kappa shape index (κ3) is 3.96. The average Bonchev–Trinajstić information content (AvgIpc) is 2.86. The van der Waals surface area contributed by atoms with Crippen molar-refractivity contribution in [3.63, 3.8) is 0 Å². The molecule has 20 heavy (non-hydrogen) atoms. The molecule has 1 atom stereocenters. The Bertz CT molecular complexity index is 573. The molecule has 0 saturated carbocycles. The van der Waals surface area contributed by atoms with Crippen molar-refractivity contribution in [3.05, 3.63) is 48.1 Å². The van der Waals surface area contributed by atoms with Gasteiger partial charge in [-0.05, 0) is 86.2 Å². The van der Waals surface area contributed by atoms with Gasteiger partial charge in [-0.3, -0.25) is 0 Å². The van der Waals surface area contributed by atoms with Gasteiger partial charge in [-0.15, -0.1) is 11.3 Å². The highest BCUT2D eigenvalue weighted by Gasteiger charge is 2.16. The number of nitrogens with one attached hydrogen (secondary N) is 1. The first-order chi connectivity index (χ1) is 9.65. The number of thiophene rings is 1. The first kappa shape index (κ1) is 16.3. The number of hydrogen-bond acceptors (Lipinski definition) is 3. The molecule has 0 fully saturated rings. The summed E-state index contributed by atoms with van der Waals surface area (Å²) in [6.45, 7) is 3.19. The molecule has 1 aromatic heterocycles. The van der Waals surface area contributed by atoms with Gasteiger partial charge in [-0.2, -0.15) is 0 Å². The van der Waals surface area contributed by atoms with Crippen molar-refractivity contribution in [2.45, 2.75) is 19.4 Å². The molecule has 1 N–H and O–H groups in total. The van der Waals surface area contributed by atoms with Crippen LogP contribution in [0, 0.1) is 2.88 Å². The summed E-state index contributed by atoms with van der Waals surface area (Å²) in [6, 6.07) is 8.75. The lowest BCUT2D eigenvalue weighted by atomic mass is 10.0. The van der Waals surface area contributed by atoms with Crippen LogP contribution in [-0.4, -0.2) is 13.7 Å². The van der Waals surface area contributed by atoms with Gasteiger partial charge in [-0.25, -0.2) is 0 Å². The van der Waals surface area contributed by atoms with Crippen molar-refractivity contribution in [1.82, 2.24) is 5.32 Å². The Hall–Kier alpha value is -0.110. The van der Waals surface area contributed by atoms with E-state index in [2.05, 4.69) is 74.3 Å². The molecule has 108 valence electrons. The number of methoxy groups -OCH3 is 1. The Kier molecular flexibility index (Phi) is 6.32. The average molecular weight is 466 g/mol. The van der Waals surface area contributed by atoms with Crippen LogP contribution in [0.4, 0.5) is 0 Å². The molecule has 5 heteroatoms. The van der Waals surface area contributed by atoms with E-state index in [0.29, 0.717) is 0 Å². The SMILES string of the molecule is CCCNC(c1csc(I)c1)c1ccc(OC)c(Br)c1. The van der Waals surface area contributed by atoms with Crippen molar-refractivity contribution in [2.24, 2.45) is 0 Å². The third-order valence-corrected chi connectivity index (χ3v) is 5.46. The summed E-state index contributed by atoms with van der Waals surface area (Å²) in [5, 5.41) is 5.85. The number of rotatable bonds is 6. The van der Waals surface area contributed by atoms with E-state index in [-0.39, 0.29) is 6.04 Å². The Morgan fingerprint density at radius 1 is 1.35 bits per heavy atom. The van der Waals surface area contributed by atoms with E-state index in [1.165, 1.54) is 14.0 Å². The molecule has 0 amide bonds. The number of ether oxygens (including phenoxy) is 1. The Balaban J connectivity index is 2.33. The molecular formula is C15H17BrINOS. The molecule has 0 aliphatic carbocycles. The molecule has 1 unspecified atom stereocenters. The monoisotopic (exact) mass is 465 g/mol. The topological polar surface area (TPSA) is 21.3 Å². The highest BCUT2D eigenvalue weighted by molar-refractivity contribution is 14.1. The van der Waals surface area contributed by atoms with E-state index < -0.39 is 0 Å². The predicted molar refractivity (Wildman–Crippen MR) is 97.9 cm³/mol. The minimum atomic E-state index is 0.233. The van der Waals surface area contributed by atoms with E-state index in [1.54, 1.807) is 18.4 Å². The van der Waals surface area contributed by atoms with Crippen LogP contribution < -0.4 is 10.1 Å². The minimum absolute atomic E-state index is 0.233. The fraction of sp³-hybridized carbons (Fsp3) is 0.333. The van der Waals surface area contributed by atoms with E-state index >= 15 is 0 Å². The van der Waals surface area contributed by atoms with Crippen LogP contribution in [0.15, 0.2) is 34.1 Å². The smallest absolute Gasteiger partial charge is 0.133 e. The van der Waals surface area contributed by atoms with E-state index in [9.17, 15) is 0 Å². The molecule has 2 rings (SSSR count). The van der Waals surface area contributed by atoms with Crippen molar-refractivity contribution in [3.8, 4) is 5.75 Å². The maximum Gasteiger partial charge on any atom is 0.133 e. The molecule has 0 bridgehead atoms. The van der Waals surface area contributed by atoms with Crippen molar-refractivity contribution in [1.29, 1.82) is 0 Å². The standard InChI is InChI=1S/C15H17BrINOS/c1-3-6-18-15(11-8-14(17)20-9-11)10-4-5-13(19-2)12(16)7-10/h4-5,7-9,15,18H,3,6H2,1-2H3. The summed E-state index contributed by atoms with van der Waals surface area (Å²) in [5.41, 5.74) is 2.57. The second kappa shape index (κ2) is 7.77. The maximum atomic E-state index is 5.30. The van der Waals surface area contributed by atoms with E-state index in [0.717, 1.165) is 23.2 Å². The fourth-order valence-electron chi connectivity index (χ4n) is 2.05. The zero-order valence-electron chi connectivity index (χ0n) is 11.5. The quantitative estimate of drug-likeness (QED) is 0.591. The molecule has 0 aliphatic heterocycles. The minimum Gasteiger partial charge on any atom is -0.496 e. The summed E-state index contributed by atoms with van der Waals surface area (Å²) in [7, 11) is 1.69. The molecule has 1 heterocycles. The lowest BCUT2D eigenvalue weighted by Gasteiger charge is -2.19. The summed E-state index contributed by atoms with van der Waals surface area (Å²) in [4.78, 5) is 0. The Morgan fingerprint density at radius 2 is 2.15 bits per heavy atom. The molecule has 0 aliphatic rings. The zero-order valence-corrected chi connectivity index (χ0v) is 16.0. The summed E-state index contributed by atoms with van der Waals surface area (Å²) in [6.07, 6.45) is 1.12. The molecule has 2 aromatic rings. The van der Waals surface area contributed by atoms with Gasteiger partial charge < -0.3 is 10.1 Å². The van der Waals surface area contributed by atoms with Crippen molar-refractivity contribution >= 4 is 49.9 Å².